The molecule has 0 aliphatic heterocycles. The second-order valence-electron chi connectivity index (χ2n) is 7.16. The van der Waals surface area contributed by atoms with Crippen LogP contribution in [0.1, 0.15) is 38.8 Å². The van der Waals surface area contributed by atoms with Gasteiger partial charge in [0.2, 0.25) is 5.91 Å². The minimum absolute atomic E-state index is 0.0460. The number of nitrogens with zero attached hydrogens (tertiary/aromatic N) is 1. The predicted octanol–water partition coefficient (Wildman–Crippen LogP) is 2.00. The van der Waals surface area contributed by atoms with E-state index in [4.69, 9.17) is 20.2 Å². The Kier molecular flexibility index (Phi) is 9.79. The highest BCUT2D eigenvalue weighted by molar-refractivity contribution is 7.92. The number of hydroxylamine groups is 1. The first kappa shape index (κ1) is 27.0. The highest BCUT2D eigenvalue weighted by Gasteiger charge is 2.43. The van der Waals surface area contributed by atoms with Gasteiger partial charge in [0, 0.05) is 18.7 Å². The van der Waals surface area contributed by atoms with Crippen molar-refractivity contribution in [3.8, 4) is 17.1 Å². The molecule has 178 valence electrons. The van der Waals surface area contributed by atoms with E-state index in [1.165, 1.54) is 37.7 Å². The number of hydrogen-bond acceptors (Lipinski definition) is 8. The van der Waals surface area contributed by atoms with Crippen LogP contribution < -0.4 is 16.0 Å². The third-order valence-corrected chi connectivity index (χ3v) is 6.79. The summed E-state index contributed by atoms with van der Waals surface area (Å²) < 4.78 is 46.3. The van der Waals surface area contributed by atoms with Crippen molar-refractivity contribution in [1.82, 2.24) is 10.6 Å². The molecule has 32 heavy (non-hydrogen) atoms. The van der Waals surface area contributed by atoms with Gasteiger partial charge in [-0.05, 0) is 38.3 Å². The Hall–Kier alpha value is -2.99. The molecule has 1 heterocycles. The van der Waals surface area contributed by atoms with Crippen LogP contribution in [0.5, 0.6) is 5.75 Å². The minimum atomic E-state index is -3.81. The molecule has 0 aliphatic rings. The van der Waals surface area contributed by atoms with Crippen molar-refractivity contribution in [2.24, 2.45) is 5.73 Å². The number of aryl methyl sites for hydroxylation is 1. The lowest BCUT2D eigenvalue weighted by molar-refractivity contribution is -0.131. The molecule has 2 amide bonds. The zero-order chi connectivity index (χ0) is 24.5. The lowest BCUT2D eigenvalue weighted by Gasteiger charge is -2.24. The van der Waals surface area contributed by atoms with Crippen molar-refractivity contribution in [2.45, 2.75) is 44.3 Å². The Morgan fingerprint density at radius 1 is 1.38 bits per heavy atom. The smallest absolute Gasteiger partial charge is 0.264 e. The van der Waals surface area contributed by atoms with E-state index in [1.54, 1.807) is 6.07 Å². The topological polar surface area (TPSA) is 162 Å². The Bertz CT molecular complexity index is 1040. The van der Waals surface area contributed by atoms with E-state index < -0.39 is 26.3 Å². The highest BCUT2D eigenvalue weighted by Crippen LogP contribution is 2.30. The maximum Gasteiger partial charge on any atom is 0.264 e. The van der Waals surface area contributed by atoms with Crippen LogP contribution in [-0.4, -0.2) is 48.7 Å². The van der Waals surface area contributed by atoms with Gasteiger partial charge in [-0.25, -0.2) is 18.3 Å². The number of primary amides is 1. The van der Waals surface area contributed by atoms with E-state index in [0.717, 1.165) is 12.7 Å². The van der Waals surface area contributed by atoms with Crippen LogP contribution in [0.15, 0.2) is 28.8 Å². The summed E-state index contributed by atoms with van der Waals surface area (Å²) in [5, 5.41) is 12.6. The molecule has 1 atom stereocenters. The molecule has 0 saturated carbocycles. The molecule has 0 aliphatic carbocycles. The molecule has 10 nitrogen and oxygen atoms in total. The van der Waals surface area contributed by atoms with E-state index in [9.17, 15) is 22.4 Å². The van der Waals surface area contributed by atoms with E-state index in [0.29, 0.717) is 12.1 Å². The highest BCUT2D eigenvalue weighted by atomic mass is 32.2. The van der Waals surface area contributed by atoms with Gasteiger partial charge in [-0.3, -0.25) is 14.8 Å². The molecule has 0 radical (unpaired) electrons. The Labute approximate surface area is 185 Å². The van der Waals surface area contributed by atoms with Gasteiger partial charge in [0.1, 0.15) is 4.75 Å². The monoisotopic (exact) mass is 473 g/mol. The van der Waals surface area contributed by atoms with Crippen LogP contribution in [0, 0.1) is 5.82 Å². The van der Waals surface area contributed by atoms with Gasteiger partial charge in [0.05, 0.1) is 18.4 Å². The maximum absolute atomic E-state index is 14.3. The van der Waals surface area contributed by atoms with Crippen molar-refractivity contribution >= 4 is 21.7 Å². The average Bonchev–Trinajstić information content (AvgIpc) is 3.19. The number of nitrogens with one attached hydrogen (secondary N) is 1. The number of methoxy groups -OCH3 is 1. The molecule has 0 fully saturated rings. The van der Waals surface area contributed by atoms with Gasteiger partial charge >= 0.3 is 0 Å². The van der Waals surface area contributed by atoms with Gasteiger partial charge in [0.25, 0.3) is 5.91 Å². The number of ether oxygens (including phenoxy) is 1. The van der Waals surface area contributed by atoms with Crippen molar-refractivity contribution in [2.75, 3.05) is 13.4 Å². The second-order valence-corrected chi connectivity index (χ2v) is 9.61. The lowest BCUT2D eigenvalue weighted by Crippen LogP contribution is -2.49. The molecular weight excluding hydrogens is 445 g/mol. The average molecular weight is 474 g/mol. The Morgan fingerprint density at radius 3 is 2.50 bits per heavy atom. The van der Waals surface area contributed by atoms with E-state index >= 15 is 0 Å². The van der Waals surface area contributed by atoms with Crippen molar-refractivity contribution in [3.05, 3.63) is 35.8 Å². The first-order valence-electron chi connectivity index (χ1n) is 9.62. The minimum Gasteiger partial charge on any atom is -0.494 e. The van der Waals surface area contributed by atoms with Crippen LogP contribution in [0.3, 0.4) is 0 Å². The number of benzene rings is 1. The molecule has 0 bridgehead atoms. The number of amides is 2. The predicted molar refractivity (Wildman–Crippen MR) is 114 cm³/mol. The van der Waals surface area contributed by atoms with Crippen LogP contribution in [0.25, 0.3) is 11.3 Å². The number of carbonyl (C=O) groups excluding carboxylic acids is 2. The second kappa shape index (κ2) is 11.6. The van der Waals surface area contributed by atoms with Gasteiger partial charge in [-0.2, -0.15) is 0 Å². The van der Waals surface area contributed by atoms with E-state index in [-0.39, 0.29) is 35.8 Å². The fourth-order valence-corrected chi connectivity index (χ4v) is 3.47. The summed E-state index contributed by atoms with van der Waals surface area (Å²) in [7, 11) is -2.47. The van der Waals surface area contributed by atoms with Gasteiger partial charge in [-0.15, -0.1) is 0 Å². The molecule has 1 unspecified atom stereocenters. The summed E-state index contributed by atoms with van der Waals surface area (Å²) in [6.07, 6.45) is 2.19. The number of aromatic nitrogens is 1. The third kappa shape index (κ3) is 6.76. The summed E-state index contributed by atoms with van der Waals surface area (Å²) in [5.41, 5.74) is 6.61. The number of carbonyl (C=O) groups is 2. The first-order valence-corrected chi connectivity index (χ1v) is 11.5. The fourth-order valence-electron chi connectivity index (χ4n) is 2.61. The number of nitrogens with two attached hydrogens (primary N) is 1. The maximum atomic E-state index is 14.3. The number of sulfone groups is 1. The largest absolute Gasteiger partial charge is 0.494 e. The molecule has 4 N–H and O–H groups in total. The zero-order valence-corrected chi connectivity index (χ0v) is 19.2. The third-order valence-electron chi connectivity index (χ3n) is 4.76. The summed E-state index contributed by atoms with van der Waals surface area (Å²) in [6.45, 7) is 3.13. The van der Waals surface area contributed by atoms with E-state index in [1.807, 2.05) is 6.92 Å². The van der Waals surface area contributed by atoms with Crippen LogP contribution >= 0.6 is 0 Å². The molecular formula is C20H28FN3O7S. The first-order chi connectivity index (χ1) is 14.9. The molecule has 1 aromatic heterocycles. The van der Waals surface area contributed by atoms with E-state index in [2.05, 4.69) is 5.16 Å². The van der Waals surface area contributed by atoms with Crippen LogP contribution in [0.2, 0.25) is 0 Å². The molecule has 1 aromatic carbocycles. The van der Waals surface area contributed by atoms with Crippen molar-refractivity contribution in [1.29, 1.82) is 0 Å². The molecule has 2 aromatic rings. The van der Waals surface area contributed by atoms with Gasteiger partial charge < -0.3 is 15.0 Å². The van der Waals surface area contributed by atoms with Crippen molar-refractivity contribution in [3.63, 3.8) is 0 Å². The van der Waals surface area contributed by atoms with Crippen LogP contribution in [-0.2, 0) is 25.8 Å². The molecule has 0 spiro atoms. The van der Waals surface area contributed by atoms with Gasteiger partial charge in [-0.1, -0.05) is 18.1 Å². The molecule has 12 heteroatoms. The number of halogens is 1. The SMILES string of the molecule is CCCC(N)=O.COc1cccc(-c2cc(CCC(C)(C(=O)NO)S(C)(=O)=O)no2)c1F. The Balaban J connectivity index is 0.000000751. The quantitative estimate of drug-likeness (QED) is 0.368. The fraction of sp³-hybridized carbons (Fsp3) is 0.450. The number of rotatable bonds is 9. The standard InChI is InChI=1S/C16H19FN2O6S.C4H9NO/c1-16(15(20)18-21,26(3,22)23)8-7-10-9-13(25-19-10)11-5-4-6-12(24-2)14(11)17;1-2-3-4(5)6/h4-6,9,21H,7-8H2,1-3H3,(H,18,20);2-3H2,1H3,(H2,5,6). The van der Waals surface area contributed by atoms with Crippen LogP contribution in [0.4, 0.5) is 4.39 Å². The molecule has 0 saturated heterocycles. The Morgan fingerprint density at radius 2 is 2.03 bits per heavy atom. The number of hydrogen-bond donors (Lipinski definition) is 3. The summed E-state index contributed by atoms with van der Waals surface area (Å²) in [5.74, 6) is -1.67. The summed E-state index contributed by atoms with van der Waals surface area (Å²) in [6, 6.07) is 5.99. The summed E-state index contributed by atoms with van der Waals surface area (Å²) >= 11 is 0. The zero-order valence-electron chi connectivity index (χ0n) is 18.3. The van der Waals surface area contributed by atoms with Gasteiger partial charge in [0.15, 0.2) is 27.2 Å². The summed E-state index contributed by atoms with van der Waals surface area (Å²) in [4.78, 5) is 21.6. The normalized spacial score (nSPS) is 12.8. The molecule has 2 rings (SSSR count). The van der Waals surface area contributed by atoms with Crippen molar-refractivity contribution < 1.29 is 36.9 Å². The lowest BCUT2D eigenvalue weighted by atomic mass is 10.0.